The molecule has 0 radical (unpaired) electrons. The van der Waals surface area contributed by atoms with E-state index in [0.717, 1.165) is 0 Å². The number of hydrogen-bond acceptors (Lipinski definition) is 4. The highest BCUT2D eigenvalue weighted by molar-refractivity contribution is 7.90. The summed E-state index contributed by atoms with van der Waals surface area (Å²) in [4.78, 5) is 0. The van der Waals surface area contributed by atoms with Crippen LogP contribution in [0.3, 0.4) is 0 Å². The Kier molecular flexibility index (Phi) is 5.28. The van der Waals surface area contributed by atoms with Crippen molar-refractivity contribution in [3.63, 3.8) is 0 Å². The number of benzene rings is 1. The third-order valence-electron chi connectivity index (χ3n) is 2.43. The van der Waals surface area contributed by atoms with Crippen molar-refractivity contribution in [3.8, 4) is 5.75 Å². The van der Waals surface area contributed by atoms with Crippen molar-refractivity contribution in [1.29, 1.82) is 0 Å². The first-order valence-corrected chi connectivity index (χ1v) is 7.53. The predicted molar refractivity (Wildman–Crippen MR) is 67.6 cm³/mol. The van der Waals surface area contributed by atoms with Gasteiger partial charge in [-0.15, -0.1) is 0 Å². The van der Waals surface area contributed by atoms with Gasteiger partial charge in [0.1, 0.15) is 5.75 Å². The molecule has 0 aliphatic heterocycles. The van der Waals surface area contributed by atoms with Crippen molar-refractivity contribution in [3.05, 3.63) is 28.8 Å². The summed E-state index contributed by atoms with van der Waals surface area (Å²) in [5.41, 5.74) is 0.141. The van der Waals surface area contributed by atoms with Crippen LogP contribution in [0.15, 0.2) is 18.2 Å². The summed E-state index contributed by atoms with van der Waals surface area (Å²) in [7, 11) is -2.76. The monoisotopic (exact) mass is 332 g/mol. The molecule has 0 aliphatic carbocycles. The molecule has 1 aromatic carbocycles. The van der Waals surface area contributed by atoms with E-state index in [0.29, 0.717) is 5.75 Å². The predicted octanol–water partition coefficient (Wildman–Crippen LogP) is 2.19. The average Bonchev–Trinajstić information content (AvgIpc) is 2.29. The Morgan fingerprint density at radius 3 is 2.45 bits per heavy atom. The molecule has 1 N–H and O–H groups in total. The zero-order chi connectivity index (χ0) is 15.6. The number of methoxy groups -OCH3 is 1. The minimum absolute atomic E-state index is 0.0643. The van der Waals surface area contributed by atoms with E-state index < -0.39 is 33.6 Å². The quantitative estimate of drug-likeness (QED) is 0.897. The molecule has 1 rings (SSSR count). The van der Waals surface area contributed by atoms with Gasteiger partial charge in [0.15, 0.2) is 15.9 Å². The molecule has 1 unspecified atom stereocenters. The normalized spacial score (nSPS) is 14.1. The Balaban J connectivity index is 2.87. The van der Waals surface area contributed by atoms with Crippen LogP contribution in [-0.4, -0.2) is 38.7 Å². The van der Waals surface area contributed by atoms with E-state index in [9.17, 15) is 21.6 Å². The van der Waals surface area contributed by atoms with Gasteiger partial charge >= 0.3 is 6.18 Å². The van der Waals surface area contributed by atoms with E-state index >= 15 is 0 Å². The fraction of sp³-hybridized carbons (Fsp3) is 0.455. The molecule has 1 atom stereocenters. The molecule has 0 saturated heterocycles. The molecule has 9 heteroatoms. The molecule has 20 heavy (non-hydrogen) atoms. The van der Waals surface area contributed by atoms with Crippen LogP contribution in [0.4, 0.5) is 13.2 Å². The lowest BCUT2D eigenvalue weighted by Gasteiger charge is -2.15. The van der Waals surface area contributed by atoms with E-state index in [1.807, 2.05) is 0 Å². The van der Waals surface area contributed by atoms with Gasteiger partial charge in [-0.1, -0.05) is 17.7 Å². The summed E-state index contributed by atoms with van der Waals surface area (Å²) in [6.07, 6.45) is -7.89. The highest BCUT2D eigenvalue weighted by Gasteiger charge is 2.41. The zero-order valence-corrected chi connectivity index (χ0v) is 11.9. The van der Waals surface area contributed by atoms with Crippen molar-refractivity contribution in [2.45, 2.75) is 18.0 Å². The summed E-state index contributed by atoms with van der Waals surface area (Å²) in [6, 6.07) is 4.14. The molecule has 0 aromatic heterocycles. The molecule has 0 fully saturated rings. The second kappa shape index (κ2) is 6.19. The first-order valence-electron chi connectivity index (χ1n) is 5.33. The molecule has 0 heterocycles. The summed E-state index contributed by atoms with van der Waals surface area (Å²) in [6.45, 7) is 0. The van der Waals surface area contributed by atoms with Crippen LogP contribution in [0, 0.1) is 0 Å². The van der Waals surface area contributed by atoms with Crippen LogP contribution in [0.5, 0.6) is 5.75 Å². The second-order valence-electron chi connectivity index (χ2n) is 4.07. The molecule has 0 bridgehead atoms. The Bertz CT molecular complexity index is 572. The lowest BCUT2D eigenvalue weighted by atomic mass is 10.2. The van der Waals surface area contributed by atoms with Gasteiger partial charge in [-0.25, -0.2) is 8.42 Å². The first kappa shape index (κ1) is 17.1. The van der Waals surface area contributed by atoms with E-state index in [2.05, 4.69) is 0 Å². The minimum Gasteiger partial charge on any atom is -0.497 e. The number of sulfone groups is 1. The maximum absolute atomic E-state index is 12.1. The molecule has 0 aliphatic rings. The molecule has 0 saturated carbocycles. The van der Waals surface area contributed by atoms with Gasteiger partial charge < -0.3 is 9.84 Å². The number of aliphatic hydroxyl groups excluding tert-OH is 1. The number of ether oxygens (including phenoxy) is 1. The second-order valence-corrected chi connectivity index (χ2v) is 6.59. The van der Waals surface area contributed by atoms with E-state index in [1.54, 1.807) is 0 Å². The van der Waals surface area contributed by atoms with Crippen LogP contribution in [0.1, 0.15) is 5.56 Å². The van der Waals surface area contributed by atoms with Gasteiger partial charge in [0.25, 0.3) is 0 Å². The fourth-order valence-corrected chi connectivity index (χ4v) is 3.23. The van der Waals surface area contributed by atoms with Gasteiger partial charge in [0.05, 0.1) is 18.6 Å². The fourth-order valence-electron chi connectivity index (χ4n) is 1.40. The van der Waals surface area contributed by atoms with Crippen LogP contribution in [-0.2, 0) is 15.6 Å². The topological polar surface area (TPSA) is 63.6 Å². The van der Waals surface area contributed by atoms with Gasteiger partial charge in [-0.05, 0) is 17.7 Å². The molecule has 114 valence electrons. The Labute approximate surface area is 119 Å². The van der Waals surface area contributed by atoms with E-state index in [-0.39, 0.29) is 10.6 Å². The number of aliphatic hydroxyl groups is 1. The third-order valence-corrected chi connectivity index (χ3v) is 4.35. The summed E-state index contributed by atoms with van der Waals surface area (Å²) in [5.74, 6) is -1.70. The summed E-state index contributed by atoms with van der Waals surface area (Å²) in [5, 5.41) is 8.86. The van der Waals surface area contributed by atoms with Crippen molar-refractivity contribution in [2.24, 2.45) is 0 Å². The standard InChI is InChI=1S/C11H12ClF3O4S/c1-19-8-3-2-7(9(12)4-8)5-20(17,18)6-10(16)11(13,14)15/h2-4,10,16H,5-6H2,1H3. The number of hydrogen-bond donors (Lipinski definition) is 1. The third kappa shape index (κ3) is 4.84. The van der Waals surface area contributed by atoms with Gasteiger partial charge in [0, 0.05) is 5.02 Å². The Hall–Kier alpha value is -0.990. The Morgan fingerprint density at radius 1 is 1.40 bits per heavy atom. The molecular weight excluding hydrogens is 321 g/mol. The number of rotatable bonds is 5. The zero-order valence-electron chi connectivity index (χ0n) is 10.3. The Morgan fingerprint density at radius 2 is 2.00 bits per heavy atom. The van der Waals surface area contributed by atoms with Crippen LogP contribution in [0.25, 0.3) is 0 Å². The van der Waals surface area contributed by atoms with Crippen molar-refractivity contribution >= 4 is 21.4 Å². The lowest BCUT2D eigenvalue weighted by Crippen LogP contribution is -2.35. The molecule has 1 aromatic rings. The van der Waals surface area contributed by atoms with Crippen molar-refractivity contribution in [1.82, 2.24) is 0 Å². The summed E-state index contributed by atoms with van der Waals surface area (Å²) < 4.78 is 64.5. The lowest BCUT2D eigenvalue weighted by molar-refractivity contribution is -0.196. The highest BCUT2D eigenvalue weighted by Crippen LogP contribution is 2.26. The largest absolute Gasteiger partial charge is 0.497 e. The van der Waals surface area contributed by atoms with Crippen LogP contribution < -0.4 is 4.74 Å². The van der Waals surface area contributed by atoms with Crippen molar-refractivity contribution < 1.29 is 31.4 Å². The molecule has 0 amide bonds. The van der Waals surface area contributed by atoms with Crippen molar-refractivity contribution in [2.75, 3.05) is 12.9 Å². The van der Waals surface area contributed by atoms with Gasteiger partial charge in [-0.2, -0.15) is 13.2 Å². The number of halogens is 4. The van der Waals surface area contributed by atoms with Gasteiger partial charge in [-0.3, -0.25) is 0 Å². The average molecular weight is 333 g/mol. The SMILES string of the molecule is COc1ccc(CS(=O)(=O)CC(O)C(F)(F)F)c(Cl)c1. The maximum atomic E-state index is 12.1. The van der Waals surface area contributed by atoms with E-state index in [4.69, 9.17) is 21.4 Å². The molecule has 0 spiro atoms. The molecular formula is C11H12ClF3O4S. The minimum atomic E-state index is -4.98. The maximum Gasteiger partial charge on any atom is 0.415 e. The first-order chi connectivity index (χ1) is 9.05. The highest BCUT2D eigenvalue weighted by atomic mass is 35.5. The van der Waals surface area contributed by atoms with Gasteiger partial charge in [0.2, 0.25) is 0 Å². The summed E-state index contributed by atoms with van der Waals surface area (Å²) >= 11 is 5.81. The van der Waals surface area contributed by atoms with Crippen LogP contribution >= 0.6 is 11.6 Å². The van der Waals surface area contributed by atoms with Crippen LogP contribution in [0.2, 0.25) is 5.02 Å². The van der Waals surface area contributed by atoms with E-state index in [1.165, 1.54) is 25.3 Å². The number of alkyl halides is 3. The molecule has 4 nitrogen and oxygen atoms in total. The smallest absolute Gasteiger partial charge is 0.415 e.